The molecule has 2 aliphatic rings. The molecule has 7 nitrogen and oxygen atoms in total. The predicted molar refractivity (Wildman–Crippen MR) is 80.5 cm³/mol. The number of rotatable bonds is 2. The Morgan fingerprint density at radius 1 is 0.840 bits per heavy atom. The van der Waals surface area contributed by atoms with Crippen LogP contribution in [0.2, 0.25) is 0 Å². The van der Waals surface area contributed by atoms with Gasteiger partial charge in [0.05, 0.1) is 0 Å². The number of nitrogens with zero attached hydrogens (tertiary/aromatic N) is 3. The molecule has 3 atom stereocenters. The lowest BCUT2D eigenvalue weighted by Crippen LogP contribution is -2.58. The molecule has 0 aromatic heterocycles. The standard InChI is InChI=1S/C7H10Cl2F6N3O4P3/c1-19-23(8)16-24(9)18-25(17-23,20-2)22-4-6(12,13)7(14,15)5(10,11)3-21-24/h3-4H2,1-2H3/t23-,24+,25-/m0/s1. The molecule has 2 bridgehead atoms. The second-order valence-electron chi connectivity index (χ2n) is 4.60. The number of hydrogen-bond donors (Lipinski definition) is 0. The lowest BCUT2D eigenvalue weighted by Gasteiger charge is -2.36. The van der Waals surface area contributed by atoms with Crippen LogP contribution >= 0.6 is 43.7 Å². The van der Waals surface area contributed by atoms with Gasteiger partial charge in [0.15, 0.2) is 0 Å². The average Bonchev–Trinajstić information content (AvgIpc) is 2.50. The number of halogens is 8. The molecule has 18 heteroatoms. The summed E-state index contributed by atoms with van der Waals surface area (Å²) in [4.78, 5) is 0. The molecule has 0 saturated carbocycles. The predicted octanol–water partition coefficient (Wildman–Crippen LogP) is 6.56. The Kier molecular flexibility index (Phi) is 5.84. The van der Waals surface area contributed by atoms with Crippen molar-refractivity contribution in [2.75, 3.05) is 27.4 Å². The van der Waals surface area contributed by atoms with Crippen molar-refractivity contribution >= 4 is 43.7 Å². The molecule has 0 amide bonds. The minimum Gasteiger partial charge on any atom is -0.319 e. The van der Waals surface area contributed by atoms with Gasteiger partial charge in [-0.1, -0.05) is 0 Å². The fourth-order valence-corrected chi connectivity index (χ4v) is 12.7. The van der Waals surface area contributed by atoms with Gasteiger partial charge in [-0.2, -0.15) is 39.9 Å². The van der Waals surface area contributed by atoms with Crippen LogP contribution in [0.4, 0.5) is 26.3 Å². The van der Waals surface area contributed by atoms with Gasteiger partial charge in [0.1, 0.15) is 13.2 Å². The first-order valence-electron chi connectivity index (χ1n) is 6.00. The highest BCUT2D eigenvalue weighted by Gasteiger charge is 2.72. The fraction of sp³-hybridized carbons (Fsp3) is 1.00. The number of alkyl halides is 6. The monoisotopic (exact) mass is 477 g/mol. The van der Waals surface area contributed by atoms with E-state index in [9.17, 15) is 26.3 Å². The van der Waals surface area contributed by atoms with Crippen molar-refractivity contribution in [1.29, 1.82) is 0 Å². The van der Waals surface area contributed by atoms with Gasteiger partial charge in [0.2, 0.25) is 0 Å². The van der Waals surface area contributed by atoms with Gasteiger partial charge in [-0.05, 0) is 22.5 Å². The van der Waals surface area contributed by atoms with Crippen LogP contribution in [0.3, 0.4) is 0 Å². The van der Waals surface area contributed by atoms with Crippen molar-refractivity contribution in [3.63, 3.8) is 0 Å². The molecule has 0 aromatic rings. The zero-order chi connectivity index (χ0) is 19.4. The quantitative estimate of drug-likeness (QED) is 0.333. The first kappa shape index (κ1) is 22.0. The maximum Gasteiger partial charge on any atom is 0.376 e. The van der Waals surface area contributed by atoms with Crippen LogP contribution in [-0.2, 0) is 18.1 Å². The van der Waals surface area contributed by atoms with Crippen molar-refractivity contribution in [3.8, 4) is 0 Å². The Labute approximate surface area is 147 Å². The Morgan fingerprint density at radius 3 is 1.84 bits per heavy atom. The van der Waals surface area contributed by atoms with Crippen LogP contribution in [0.1, 0.15) is 0 Å². The van der Waals surface area contributed by atoms with Crippen LogP contribution in [0.5, 0.6) is 0 Å². The van der Waals surface area contributed by atoms with Gasteiger partial charge >= 0.3 is 39.0 Å². The molecule has 0 N–H and O–H groups in total. The summed E-state index contributed by atoms with van der Waals surface area (Å²) in [5.74, 6) is -16.4. The lowest BCUT2D eigenvalue weighted by atomic mass is 10.1. The van der Waals surface area contributed by atoms with Gasteiger partial charge in [-0.15, -0.1) is 0 Å². The molecule has 0 fully saturated rings. The maximum absolute atomic E-state index is 13.7. The van der Waals surface area contributed by atoms with Crippen molar-refractivity contribution in [3.05, 3.63) is 0 Å². The van der Waals surface area contributed by atoms with Crippen LogP contribution in [0, 0.1) is 0 Å². The van der Waals surface area contributed by atoms with Crippen LogP contribution in [0.25, 0.3) is 0 Å². The summed E-state index contributed by atoms with van der Waals surface area (Å²) in [6, 6.07) is 0. The Bertz CT molecular complexity index is 734. The van der Waals surface area contributed by atoms with E-state index in [1.165, 1.54) is 0 Å². The minimum atomic E-state index is -5.81. The van der Waals surface area contributed by atoms with E-state index in [1.54, 1.807) is 0 Å². The largest absolute Gasteiger partial charge is 0.376 e. The average molecular weight is 478 g/mol. The molecule has 0 saturated heterocycles. The zero-order valence-electron chi connectivity index (χ0n) is 12.3. The summed E-state index contributed by atoms with van der Waals surface area (Å²) in [7, 11) is -2.21. The van der Waals surface area contributed by atoms with E-state index in [4.69, 9.17) is 31.5 Å². The van der Waals surface area contributed by atoms with Crippen molar-refractivity contribution in [2.24, 2.45) is 13.5 Å². The molecule has 148 valence electrons. The Hall–Kier alpha value is 0.690. The summed E-state index contributed by atoms with van der Waals surface area (Å²) < 4.78 is 111. The van der Waals surface area contributed by atoms with E-state index in [0.717, 1.165) is 14.2 Å². The highest BCUT2D eigenvalue weighted by molar-refractivity contribution is 8.00. The molecule has 0 aromatic carbocycles. The van der Waals surface area contributed by atoms with E-state index in [1.807, 2.05) is 0 Å². The van der Waals surface area contributed by atoms with E-state index < -0.39 is 52.2 Å². The summed E-state index contributed by atoms with van der Waals surface area (Å²) in [6.45, 7) is -12.3. The summed E-state index contributed by atoms with van der Waals surface area (Å²) in [5.41, 5.74) is 0. The van der Waals surface area contributed by atoms with Gasteiger partial charge in [0.25, 0.3) is 0 Å². The van der Waals surface area contributed by atoms with E-state index >= 15 is 0 Å². The molecule has 0 spiro atoms. The van der Waals surface area contributed by atoms with Gasteiger partial charge in [-0.25, -0.2) is 0 Å². The second-order valence-corrected chi connectivity index (χ2v) is 13.5. The first-order valence-corrected chi connectivity index (χ1v) is 12.6. The third-order valence-corrected chi connectivity index (χ3v) is 13.2. The van der Waals surface area contributed by atoms with Crippen molar-refractivity contribution < 1.29 is 44.4 Å². The summed E-state index contributed by atoms with van der Waals surface area (Å²) >= 11 is 11.8. The number of fused-ring (bicyclic) bond motifs is 1. The van der Waals surface area contributed by atoms with Gasteiger partial charge < -0.3 is 13.6 Å². The second kappa shape index (κ2) is 6.64. The van der Waals surface area contributed by atoms with Crippen LogP contribution < -0.4 is 0 Å². The summed E-state index contributed by atoms with van der Waals surface area (Å²) in [5, 5.41) is 0. The third kappa shape index (κ3) is 3.96. The van der Waals surface area contributed by atoms with E-state index in [0.29, 0.717) is 0 Å². The van der Waals surface area contributed by atoms with E-state index in [2.05, 4.69) is 22.6 Å². The zero-order valence-corrected chi connectivity index (χ0v) is 16.4. The summed E-state index contributed by atoms with van der Waals surface area (Å²) in [6.07, 6.45) is 0. The molecule has 2 aliphatic heterocycles. The van der Waals surface area contributed by atoms with Gasteiger partial charge in [-0.3, -0.25) is 4.52 Å². The molecule has 2 heterocycles. The molecule has 0 radical (unpaired) electrons. The lowest BCUT2D eigenvalue weighted by molar-refractivity contribution is -0.320. The van der Waals surface area contributed by atoms with Crippen molar-refractivity contribution in [2.45, 2.75) is 17.8 Å². The highest BCUT2D eigenvalue weighted by atomic mass is 35.7. The molecular weight excluding hydrogens is 468 g/mol. The SMILES string of the molecule is CO[P@]1(Cl)=N[P@@]2(OC)=N[P@@](Cl)(=N1)OCC(F)(F)C(F)(F)C(F)(F)CO2. The van der Waals surface area contributed by atoms with E-state index in [-0.39, 0.29) is 0 Å². The molecular formula is C7H10Cl2F6N3O4P3. The molecule has 25 heavy (non-hydrogen) atoms. The van der Waals surface area contributed by atoms with Crippen LogP contribution in [-0.4, -0.2) is 45.2 Å². The molecule has 2 rings (SSSR count). The normalized spacial score (nSPS) is 42.5. The third-order valence-electron chi connectivity index (χ3n) is 2.88. The smallest absolute Gasteiger partial charge is 0.319 e. The minimum absolute atomic E-state index is 0.904. The topological polar surface area (TPSA) is 74.0 Å². The Morgan fingerprint density at radius 2 is 1.36 bits per heavy atom. The fourth-order valence-electron chi connectivity index (χ4n) is 1.55. The first-order chi connectivity index (χ1) is 11.2. The maximum atomic E-state index is 13.7. The van der Waals surface area contributed by atoms with Crippen molar-refractivity contribution in [1.82, 2.24) is 0 Å². The Balaban J connectivity index is 2.69. The van der Waals surface area contributed by atoms with Crippen LogP contribution in [0.15, 0.2) is 13.5 Å². The number of hydrogen-bond acceptors (Lipinski definition) is 7. The van der Waals surface area contributed by atoms with Gasteiger partial charge in [0, 0.05) is 14.2 Å². The molecule has 0 aliphatic carbocycles. The molecule has 0 unspecified atom stereocenters. The highest BCUT2D eigenvalue weighted by Crippen LogP contribution is 2.83.